The molecule has 6 nitrogen and oxygen atoms in total. The number of anilines is 2. The predicted octanol–water partition coefficient (Wildman–Crippen LogP) is 5.32. The number of hydrogen-bond acceptors (Lipinski definition) is 4. The highest BCUT2D eigenvalue weighted by atomic mass is 19.1. The molecule has 0 aliphatic heterocycles. The number of rotatable bonds is 7. The Morgan fingerprint density at radius 3 is 2.69 bits per heavy atom. The third kappa shape index (κ3) is 5.57. The highest BCUT2D eigenvalue weighted by molar-refractivity contribution is 6.03. The molecule has 7 heteroatoms. The first-order valence-corrected chi connectivity index (χ1v) is 10.3. The van der Waals surface area contributed by atoms with Crippen LogP contribution in [0.3, 0.4) is 0 Å². The van der Waals surface area contributed by atoms with Gasteiger partial charge in [-0.2, -0.15) is 0 Å². The van der Waals surface area contributed by atoms with Crippen LogP contribution in [0, 0.1) is 18.7 Å². The van der Waals surface area contributed by atoms with E-state index in [2.05, 4.69) is 15.6 Å². The lowest BCUT2D eigenvalue weighted by Crippen LogP contribution is -2.14. The number of aromatic nitrogens is 1. The van der Waals surface area contributed by atoms with Gasteiger partial charge in [0.15, 0.2) is 11.6 Å². The minimum atomic E-state index is -0.550. The first-order chi connectivity index (χ1) is 15.5. The molecule has 1 aromatic heterocycles. The topological polar surface area (TPSA) is 80.3 Å². The average molecular weight is 431 g/mol. The van der Waals surface area contributed by atoms with Crippen LogP contribution in [-0.2, 0) is 9.59 Å². The second-order valence-corrected chi connectivity index (χ2v) is 7.60. The summed E-state index contributed by atoms with van der Waals surface area (Å²) in [4.78, 5) is 28.2. The number of carbonyl (C=O) groups is 2. The van der Waals surface area contributed by atoms with Crippen molar-refractivity contribution in [2.45, 2.75) is 19.8 Å². The molecule has 32 heavy (non-hydrogen) atoms. The van der Waals surface area contributed by atoms with Gasteiger partial charge in [0, 0.05) is 29.6 Å². The zero-order valence-corrected chi connectivity index (χ0v) is 17.5. The highest BCUT2D eigenvalue weighted by Gasteiger charge is 2.29. The number of hydrogen-bond donors (Lipinski definition) is 2. The molecule has 1 aliphatic carbocycles. The zero-order valence-electron chi connectivity index (χ0n) is 17.5. The Morgan fingerprint density at radius 1 is 1.12 bits per heavy atom. The van der Waals surface area contributed by atoms with Gasteiger partial charge in [-0.15, -0.1) is 0 Å². The Morgan fingerprint density at radius 2 is 1.97 bits per heavy atom. The number of benzene rings is 2. The van der Waals surface area contributed by atoms with Gasteiger partial charge >= 0.3 is 0 Å². The summed E-state index contributed by atoms with van der Waals surface area (Å²) >= 11 is 0. The molecule has 3 aromatic rings. The van der Waals surface area contributed by atoms with Crippen LogP contribution in [-0.4, -0.2) is 16.8 Å². The number of nitrogens with one attached hydrogen (secondary N) is 2. The highest BCUT2D eigenvalue weighted by Crippen LogP contribution is 2.31. The molecule has 0 unspecified atom stereocenters. The van der Waals surface area contributed by atoms with Gasteiger partial charge in [0.2, 0.25) is 11.8 Å². The maximum Gasteiger partial charge on any atom is 0.248 e. The van der Waals surface area contributed by atoms with Crippen molar-refractivity contribution in [2.75, 3.05) is 10.6 Å². The Labute approximate surface area is 185 Å². The van der Waals surface area contributed by atoms with Gasteiger partial charge in [-0.1, -0.05) is 12.1 Å². The molecule has 1 fully saturated rings. The van der Waals surface area contributed by atoms with Crippen LogP contribution in [0.15, 0.2) is 67.0 Å². The number of ether oxygens (including phenoxy) is 1. The fourth-order valence-corrected chi connectivity index (χ4v) is 3.01. The smallest absolute Gasteiger partial charge is 0.248 e. The molecular formula is C25H22FN3O3. The van der Waals surface area contributed by atoms with E-state index >= 15 is 0 Å². The summed E-state index contributed by atoms with van der Waals surface area (Å²) in [6, 6.07) is 13.2. The van der Waals surface area contributed by atoms with Crippen molar-refractivity contribution < 1.29 is 18.7 Å². The Kier molecular flexibility index (Phi) is 6.26. The maximum atomic E-state index is 14.4. The molecule has 0 bridgehead atoms. The van der Waals surface area contributed by atoms with Crippen molar-refractivity contribution in [2.24, 2.45) is 5.92 Å². The molecule has 0 spiro atoms. The summed E-state index contributed by atoms with van der Waals surface area (Å²) in [5.74, 6) is -0.315. The van der Waals surface area contributed by atoms with Crippen LogP contribution in [0.5, 0.6) is 11.5 Å². The van der Waals surface area contributed by atoms with Crippen molar-refractivity contribution in [1.82, 2.24) is 4.98 Å². The summed E-state index contributed by atoms with van der Waals surface area (Å²) in [5, 5.41) is 5.66. The van der Waals surface area contributed by atoms with Crippen LogP contribution in [0.4, 0.5) is 15.8 Å². The van der Waals surface area contributed by atoms with E-state index in [-0.39, 0.29) is 23.5 Å². The van der Waals surface area contributed by atoms with Gasteiger partial charge in [-0.25, -0.2) is 4.39 Å². The van der Waals surface area contributed by atoms with Crippen molar-refractivity contribution in [3.8, 4) is 11.5 Å². The molecule has 0 atom stereocenters. The van der Waals surface area contributed by atoms with Gasteiger partial charge in [-0.3, -0.25) is 14.6 Å². The first kappa shape index (κ1) is 21.2. The second-order valence-electron chi connectivity index (χ2n) is 7.60. The second kappa shape index (κ2) is 9.43. The minimum absolute atomic E-state index is 0.00371. The Balaban J connectivity index is 1.39. The number of halogens is 1. The lowest BCUT2D eigenvalue weighted by molar-refractivity contribution is -0.117. The van der Waals surface area contributed by atoms with Crippen LogP contribution in [0.2, 0.25) is 0 Å². The monoisotopic (exact) mass is 431 g/mol. The predicted molar refractivity (Wildman–Crippen MR) is 121 cm³/mol. The molecule has 2 N–H and O–H groups in total. The van der Waals surface area contributed by atoms with E-state index in [1.54, 1.807) is 36.5 Å². The normalized spacial score (nSPS) is 13.1. The summed E-state index contributed by atoms with van der Waals surface area (Å²) in [7, 11) is 0. The van der Waals surface area contributed by atoms with E-state index < -0.39 is 5.82 Å². The molecule has 2 aromatic carbocycles. The Hall–Kier alpha value is -4.00. The summed E-state index contributed by atoms with van der Waals surface area (Å²) in [6.07, 6.45) is 7.77. The summed E-state index contributed by atoms with van der Waals surface area (Å²) in [5.41, 5.74) is 2.61. The fraction of sp³-hybridized carbons (Fsp3) is 0.160. The molecule has 0 radical (unpaired) electrons. The first-order valence-electron chi connectivity index (χ1n) is 10.3. The van der Waals surface area contributed by atoms with Crippen LogP contribution < -0.4 is 15.4 Å². The third-order valence-corrected chi connectivity index (χ3v) is 4.96. The van der Waals surface area contributed by atoms with E-state index in [0.717, 1.165) is 18.4 Å². The molecule has 1 aliphatic rings. The standard InChI is InChI=1S/C25H22FN3O3/c1-16-4-9-19(28-25(31)18-7-8-18)14-22(16)29-24(30)11-6-17-5-10-23(21(26)13-17)32-20-3-2-12-27-15-20/h2-6,9-15,18H,7-8H2,1H3,(H,28,31)(H,29,30)/b11-6+. The van der Waals surface area contributed by atoms with Crippen LogP contribution >= 0.6 is 0 Å². The number of nitrogens with zero attached hydrogens (tertiary/aromatic N) is 1. The van der Waals surface area contributed by atoms with Gasteiger partial charge in [0.05, 0.1) is 6.20 Å². The van der Waals surface area contributed by atoms with E-state index in [1.165, 1.54) is 30.5 Å². The van der Waals surface area contributed by atoms with E-state index in [1.807, 2.05) is 13.0 Å². The summed E-state index contributed by atoms with van der Waals surface area (Å²) < 4.78 is 19.8. The Bertz CT molecular complexity index is 1170. The number of aryl methyl sites for hydroxylation is 1. The van der Waals surface area contributed by atoms with Crippen LogP contribution in [0.25, 0.3) is 6.08 Å². The van der Waals surface area contributed by atoms with Crippen molar-refractivity contribution in [3.05, 3.63) is 83.9 Å². The van der Waals surface area contributed by atoms with E-state index in [9.17, 15) is 14.0 Å². The molecule has 2 amide bonds. The van der Waals surface area contributed by atoms with E-state index in [0.29, 0.717) is 22.7 Å². The molecule has 162 valence electrons. The quantitative estimate of drug-likeness (QED) is 0.496. The lowest BCUT2D eigenvalue weighted by atomic mass is 10.1. The van der Waals surface area contributed by atoms with Gasteiger partial charge < -0.3 is 15.4 Å². The minimum Gasteiger partial charge on any atom is -0.453 e. The van der Waals surface area contributed by atoms with Crippen molar-refractivity contribution in [3.63, 3.8) is 0 Å². The van der Waals surface area contributed by atoms with Crippen LogP contribution in [0.1, 0.15) is 24.0 Å². The number of carbonyl (C=O) groups excluding carboxylic acids is 2. The number of pyridine rings is 1. The molecule has 4 rings (SSSR count). The zero-order chi connectivity index (χ0) is 22.5. The molecular weight excluding hydrogens is 409 g/mol. The average Bonchev–Trinajstić information content (AvgIpc) is 3.63. The maximum absolute atomic E-state index is 14.4. The molecule has 1 saturated carbocycles. The van der Waals surface area contributed by atoms with Gasteiger partial charge in [0.25, 0.3) is 0 Å². The summed E-state index contributed by atoms with van der Waals surface area (Å²) in [6.45, 7) is 1.86. The lowest BCUT2D eigenvalue weighted by Gasteiger charge is -2.10. The largest absolute Gasteiger partial charge is 0.453 e. The molecule has 1 heterocycles. The van der Waals surface area contributed by atoms with Crippen molar-refractivity contribution >= 4 is 29.3 Å². The number of amides is 2. The fourth-order valence-electron chi connectivity index (χ4n) is 3.01. The molecule has 0 saturated heterocycles. The SMILES string of the molecule is Cc1ccc(NC(=O)C2CC2)cc1NC(=O)/C=C/c1ccc(Oc2cccnc2)c(F)c1. The van der Waals surface area contributed by atoms with E-state index in [4.69, 9.17) is 4.74 Å². The van der Waals surface area contributed by atoms with Gasteiger partial charge in [0.1, 0.15) is 5.75 Å². The van der Waals surface area contributed by atoms with Crippen molar-refractivity contribution in [1.29, 1.82) is 0 Å². The third-order valence-electron chi connectivity index (χ3n) is 4.96. The van der Waals surface area contributed by atoms with Gasteiger partial charge in [-0.05, 0) is 73.4 Å².